The van der Waals surface area contributed by atoms with E-state index in [9.17, 15) is 30.7 Å². The van der Waals surface area contributed by atoms with Crippen LogP contribution in [0.3, 0.4) is 0 Å². The maximum atomic E-state index is 13.9. The Kier molecular flexibility index (Phi) is 4.75. The summed E-state index contributed by atoms with van der Waals surface area (Å²) in [7, 11) is 0. The first kappa shape index (κ1) is 18.1. The van der Waals surface area contributed by atoms with Crippen LogP contribution in [-0.4, -0.2) is 6.36 Å². The summed E-state index contributed by atoms with van der Waals surface area (Å²) in [5, 5.41) is 0. The van der Waals surface area contributed by atoms with Crippen molar-refractivity contribution in [1.29, 1.82) is 0 Å². The van der Waals surface area contributed by atoms with Crippen molar-refractivity contribution in [1.82, 2.24) is 0 Å². The van der Waals surface area contributed by atoms with Crippen molar-refractivity contribution in [2.45, 2.75) is 18.6 Å². The van der Waals surface area contributed by atoms with Crippen LogP contribution in [-0.2, 0) is 6.18 Å². The molecule has 0 bridgehead atoms. The highest BCUT2D eigenvalue weighted by atomic mass is 19.4. The summed E-state index contributed by atoms with van der Waals surface area (Å²) in [5.74, 6) is -1.73. The summed E-state index contributed by atoms with van der Waals surface area (Å²) in [4.78, 5) is 0. The van der Waals surface area contributed by atoms with Gasteiger partial charge in [0.1, 0.15) is 11.6 Å². The van der Waals surface area contributed by atoms with Gasteiger partial charge in [-0.05, 0) is 29.8 Å². The Morgan fingerprint density at radius 2 is 1.46 bits per heavy atom. The van der Waals surface area contributed by atoms with Gasteiger partial charge in [-0.2, -0.15) is 13.2 Å². The van der Waals surface area contributed by atoms with Crippen molar-refractivity contribution in [3.63, 3.8) is 0 Å². The molecule has 0 aliphatic heterocycles. The SMILES string of the molecule is N[C@H](c1ccc(OC(F)(F)F)cc1)c1c(F)cccc1C(F)(F)F. The largest absolute Gasteiger partial charge is 0.573 e. The molecule has 0 aromatic heterocycles. The van der Waals surface area contributed by atoms with Gasteiger partial charge in [0, 0.05) is 5.56 Å². The Morgan fingerprint density at radius 3 is 1.96 bits per heavy atom. The zero-order valence-corrected chi connectivity index (χ0v) is 11.8. The molecule has 2 aromatic rings. The molecule has 0 aliphatic carbocycles. The molecule has 1 atom stereocenters. The van der Waals surface area contributed by atoms with Crippen molar-refractivity contribution < 1.29 is 35.5 Å². The van der Waals surface area contributed by atoms with Gasteiger partial charge in [0.15, 0.2) is 0 Å². The number of halogens is 7. The van der Waals surface area contributed by atoms with Crippen molar-refractivity contribution in [2.24, 2.45) is 5.73 Å². The predicted octanol–water partition coefficient (Wildman–Crippen LogP) is 4.79. The molecule has 0 radical (unpaired) electrons. The molecular weight excluding hydrogens is 343 g/mol. The molecule has 0 spiro atoms. The molecule has 0 saturated heterocycles. The van der Waals surface area contributed by atoms with E-state index < -0.39 is 41.3 Å². The molecule has 0 heterocycles. The molecule has 2 N–H and O–H groups in total. The Balaban J connectivity index is 2.38. The van der Waals surface area contributed by atoms with E-state index in [-0.39, 0.29) is 5.56 Å². The lowest BCUT2D eigenvalue weighted by atomic mass is 9.94. The lowest BCUT2D eigenvalue weighted by Crippen LogP contribution is -2.20. The maximum absolute atomic E-state index is 13.9. The first-order valence-electron chi connectivity index (χ1n) is 6.46. The minimum atomic E-state index is -4.90. The van der Waals surface area contributed by atoms with Crippen LogP contribution in [0, 0.1) is 5.82 Å². The van der Waals surface area contributed by atoms with Crippen LogP contribution in [0.25, 0.3) is 0 Å². The number of ether oxygens (including phenoxy) is 1. The summed E-state index contributed by atoms with van der Waals surface area (Å²) in [6, 6.07) is 4.74. The van der Waals surface area contributed by atoms with E-state index in [1.54, 1.807) is 0 Å². The van der Waals surface area contributed by atoms with Crippen molar-refractivity contribution in [3.05, 3.63) is 65.0 Å². The summed E-state index contributed by atoms with van der Waals surface area (Å²) in [5.41, 5.74) is 3.66. The van der Waals surface area contributed by atoms with Crippen LogP contribution in [0.2, 0.25) is 0 Å². The number of nitrogens with two attached hydrogens (primary N) is 1. The van der Waals surface area contributed by atoms with E-state index in [4.69, 9.17) is 5.73 Å². The highest BCUT2D eigenvalue weighted by molar-refractivity contribution is 5.41. The van der Waals surface area contributed by atoms with Crippen LogP contribution >= 0.6 is 0 Å². The molecule has 24 heavy (non-hydrogen) atoms. The fourth-order valence-electron chi connectivity index (χ4n) is 2.14. The molecule has 0 amide bonds. The standard InChI is InChI=1S/C15H10F7NO/c16-11-3-1-2-10(14(17,18)19)12(11)13(23)8-4-6-9(7-5-8)24-15(20,21)22/h1-7,13H,23H2/t13-/m1/s1. The van der Waals surface area contributed by atoms with Gasteiger partial charge in [0.05, 0.1) is 11.6 Å². The topological polar surface area (TPSA) is 35.2 Å². The highest BCUT2D eigenvalue weighted by Gasteiger charge is 2.36. The second kappa shape index (κ2) is 6.31. The second-order valence-electron chi connectivity index (χ2n) is 4.79. The Hall–Kier alpha value is -2.29. The van der Waals surface area contributed by atoms with Gasteiger partial charge < -0.3 is 10.5 Å². The fourth-order valence-corrected chi connectivity index (χ4v) is 2.14. The molecule has 2 rings (SSSR count). The molecule has 0 saturated carbocycles. The minimum absolute atomic E-state index is 0.000115. The first-order valence-corrected chi connectivity index (χ1v) is 6.46. The number of rotatable bonds is 3. The van der Waals surface area contributed by atoms with Gasteiger partial charge in [-0.1, -0.05) is 18.2 Å². The third kappa shape index (κ3) is 4.16. The third-order valence-electron chi connectivity index (χ3n) is 3.14. The summed E-state index contributed by atoms with van der Waals surface area (Å²) in [6.07, 6.45) is -9.73. The number of hydrogen-bond acceptors (Lipinski definition) is 2. The van der Waals surface area contributed by atoms with E-state index in [1.165, 1.54) is 0 Å². The molecule has 0 unspecified atom stereocenters. The fraction of sp³-hybridized carbons (Fsp3) is 0.200. The van der Waals surface area contributed by atoms with Gasteiger partial charge in [-0.15, -0.1) is 13.2 Å². The number of hydrogen-bond donors (Lipinski definition) is 1. The number of benzene rings is 2. The number of alkyl halides is 6. The average molecular weight is 353 g/mol. The predicted molar refractivity (Wildman–Crippen MR) is 70.6 cm³/mol. The molecule has 9 heteroatoms. The first-order chi connectivity index (χ1) is 11.0. The molecule has 130 valence electrons. The van der Waals surface area contributed by atoms with E-state index >= 15 is 0 Å². The lowest BCUT2D eigenvalue weighted by Gasteiger charge is -2.19. The van der Waals surface area contributed by atoms with Crippen LogP contribution in [0.4, 0.5) is 30.7 Å². The summed E-state index contributed by atoms with van der Waals surface area (Å²) >= 11 is 0. The molecule has 0 aliphatic rings. The van der Waals surface area contributed by atoms with E-state index in [1.807, 2.05) is 0 Å². The summed E-state index contributed by atoms with van der Waals surface area (Å²) in [6.45, 7) is 0. The van der Waals surface area contributed by atoms with Crippen LogP contribution < -0.4 is 10.5 Å². The van der Waals surface area contributed by atoms with E-state index in [0.29, 0.717) is 6.07 Å². The van der Waals surface area contributed by atoms with Crippen molar-refractivity contribution >= 4 is 0 Å². The minimum Gasteiger partial charge on any atom is -0.406 e. The van der Waals surface area contributed by atoms with E-state index in [0.717, 1.165) is 36.4 Å². The van der Waals surface area contributed by atoms with Crippen molar-refractivity contribution in [3.8, 4) is 5.75 Å². The molecule has 2 nitrogen and oxygen atoms in total. The quantitative estimate of drug-likeness (QED) is 0.805. The van der Waals surface area contributed by atoms with Gasteiger partial charge >= 0.3 is 12.5 Å². The van der Waals surface area contributed by atoms with Crippen LogP contribution in [0.15, 0.2) is 42.5 Å². The molecule has 0 fully saturated rings. The zero-order chi connectivity index (χ0) is 18.1. The Labute approximate surface area is 131 Å². The van der Waals surface area contributed by atoms with Gasteiger partial charge in [-0.3, -0.25) is 0 Å². The Bertz CT molecular complexity index is 707. The van der Waals surface area contributed by atoms with Gasteiger partial charge in [0.2, 0.25) is 0 Å². The molecule has 2 aromatic carbocycles. The smallest absolute Gasteiger partial charge is 0.406 e. The van der Waals surface area contributed by atoms with Gasteiger partial charge in [-0.25, -0.2) is 4.39 Å². The lowest BCUT2D eigenvalue weighted by molar-refractivity contribution is -0.274. The van der Waals surface area contributed by atoms with Crippen molar-refractivity contribution in [2.75, 3.05) is 0 Å². The van der Waals surface area contributed by atoms with Crippen LogP contribution in [0.5, 0.6) is 5.75 Å². The summed E-state index contributed by atoms with van der Waals surface area (Å²) < 4.78 is 92.7. The van der Waals surface area contributed by atoms with E-state index in [2.05, 4.69) is 4.74 Å². The van der Waals surface area contributed by atoms with Gasteiger partial charge in [0.25, 0.3) is 0 Å². The Morgan fingerprint density at radius 1 is 0.875 bits per heavy atom. The highest BCUT2D eigenvalue weighted by Crippen LogP contribution is 2.37. The second-order valence-corrected chi connectivity index (χ2v) is 4.79. The van der Waals surface area contributed by atoms with Crippen LogP contribution in [0.1, 0.15) is 22.7 Å². The normalized spacial score (nSPS) is 13.7. The average Bonchev–Trinajstić information content (AvgIpc) is 2.44. The molecular formula is C15H10F7NO. The third-order valence-corrected chi connectivity index (χ3v) is 3.14. The maximum Gasteiger partial charge on any atom is 0.573 e. The zero-order valence-electron chi connectivity index (χ0n) is 11.8. The monoisotopic (exact) mass is 353 g/mol.